The Morgan fingerprint density at radius 2 is 1.10 bits per heavy atom. The Bertz CT molecular complexity index is 2160. The molecule has 0 aliphatic heterocycles. The van der Waals surface area contributed by atoms with E-state index in [1.54, 1.807) is 19.1 Å². The van der Waals surface area contributed by atoms with Crippen LogP contribution in [0.3, 0.4) is 0 Å². The highest BCUT2D eigenvalue weighted by atomic mass is 16.5. The van der Waals surface area contributed by atoms with Crippen LogP contribution in [0.25, 0.3) is 44.3 Å². The van der Waals surface area contributed by atoms with Crippen molar-refractivity contribution in [2.45, 2.75) is 107 Å². The van der Waals surface area contributed by atoms with Crippen molar-refractivity contribution in [1.29, 1.82) is 0 Å². The Kier molecular flexibility index (Phi) is 37.7. The van der Waals surface area contributed by atoms with E-state index in [0.29, 0.717) is 31.1 Å². The third kappa shape index (κ3) is 23.0. The number of H-pyrrole nitrogens is 2. The summed E-state index contributed by atoms with van der Waals surface area (Å²) in [6, 6.07) is 21.8. The van der Waals surface area contributed by atoms with E-state index in [0.717, 1.165) is 68.5 Å². The van der Waals surface area contributed by atoms with Gasteiger partial charge in [0.2, 0.25) is 12.3 Å². The van der Waals surface area contributed by atoms with Crippen LogP contribution in [-0.4, -0.2) is 108 Å². The number of amides is 3. The van der Waals surface area contributed by atoms with Gasteiger partial charge in [0.15, 0.2) is 0 Å². The first-order valence-electron chi connectivity index (χ1n) is 22.7. The van der Waals surface area contributed by atoms with E-state index >= 15 is 0 Å². The molecule has 372 valence electrons. The number of alkyl carbamates (subject to hydrolysis) is 1. The minimum atomic E-state index is -0.586. The lowest BCUT2D eigenvalue weighted by Gasteiger charge is -2.25. The zero-order valence-corrected chi connectivity index (χ0v) is 43.2. The molecule has 14 nitrogen and oxygen atoms in total. The number of hydrogen-bond acceptors (Lipinski definition) is 9. The SMILES string of the molecule is C#C.C#C.C#C.CC.CC1C(N(C)Cc2nc3ccc(-c4ccc(-c5ccc6nc(CN(C(=O)CNC=O)C(C)C)[nH]c6c5)cc4)cc3[nH]2)[C@@H]1C.CCC.CCC.COC.COC(=O)NCC=O. The summed E-state index contributed by atoms with van der Waals surface area (Å²) >= 11 is 0. The first kappa shape index (κ1) is 65.4. The molecule has 4 N–H and O–H groups in total. The molecule has 6 rings (SSSR count). The summed E-state index contributed by atoms with van der Waals surface area (Å²) in [6.45, 7) is 22.2. The molecule has 0 radical (unpaired) electrons. The van der Waals surface area contributed by atoms with Crippen molar-refractivity contribution in [3.8, 4) is 60.8 Å². The molecule has 0 spiro atoms. The predicted octanol–water partition coefficient (Wildman–Crippen LogP) is 9.75. The van der Waals surface area contributed by atoms with Crippen molar-refractivity contribution >= 4 is 46.8 Å². The molecule has 2 unspecified atom stereocenters. The van der Waals surface area contributed by atoms with Gasteiger partial charge in [-0.25, -0.2) is 14.8 Å². The van der Waals surface area contributed by atoms with Crippen LogP contribution < -0.4 is 10.6 Å². The second-order valence-corrected chi connectivity index (χ2v) is 15.0. The van der Waals surface area contributed by atoms with Gasteiger partial charge in [0.05, 0.1) is 55.4 Å². The largest absolute Gasteiger partial charge is 0.453 e. The average Bonchev–Trinajstić information content (AvgIpc) is 3.61. The van der Waals surface area contributed by atoms with Gasteiger partial charge < -0.3 is 39.8 Å². The number of hydrogen-bond donors (Lipinski definition) is 4. The monoisotopic (exact) mass is 937 g/mol. The molecular formula is C54H80N8O6. The van der Waals surface area contributed by atoms with E-state index in [1.807, 2.05) is 33.8 Å². The van der Waals surface area contributed by atoms with Gasteiger partial charge in [-0.15, -0.1) is 38.5 Å². The van der Waals surface area contributed by atoms with Gasteiger partial charge in [-0.2, -0.15) is 0 Å². The maximum absolute atomic E-state index is 12.5. The molecule has 3 aromatic carbocycles. The highest BCUT2D eigenvalue weighted by molar-refractivity contribution is 5.85. The van der Waals surface area contributed by atoms with E-state index in [-0.39, 0.29) is 25.0 Å². The minimum Gasteiger partial charge on any atom is -0.453 e. The molecule has 3 atom stereocenters. The fourth-order valence-electron chi connectivity index (χ4n) is 6.42. The number of carbonyl (C=O) groups is 4. The van der Waals surface area contributed by atoms with Gasteiger partial charge in [-0.05, 0) is 79.3 Å². The fraction of sp³-hybridized carbons (Fsp3) is 0.444. The van der Waals surface area contributed by atoms with Crippen LogP contribution in [0.15, 0.2) is 60.7 Å². The van der Waals surface area contributed by atoms with Gasteiger partial charge in [0, 0.05) is 26.3 Å². The third-order valence-corrected chi connectivity index (χ3v) is 9.40. The second-order valence-electron chi connectivity index (χ2n) is 15.0. The lowest BCUT2D eigenvalue weighted by Crippen LogP contribution is -2.41. The predicted molar refractivity (Wildman–Crippen MR) is 282 cm³/mol. The number of carbonyl (C=O) groups excluding carboxylic acids is 4. The van der Waals surface area contributed by atoms with Crippen molar-refractivity contribution in [1.82, 2.24) is 40.4 Å². The molecule has 1 aliphatic rings. The number of methoxy groups -OCH3 is 2. The number of terminal acetylenes is 3. The van der Waals surface area contributed by atoms with Crippen molar-refractivity contribution in [2.24, 2.45) is 11.8 Å². The Hall–Kier alpha value is -6.92. The number of nitrogens with zero attached hydrogens (tertiary/aromatic N) is 4. The minimum absolute atomic E-state index is 0.00662. The van der Waals surface area contributed by atoms with Gasteiger partial charge in [0.25, 0.3) is 0 Å². The van der Waals surface area contributed by atoms with Crippen molar-refractivity contribution in [3.63, 3.8) is 0 Å². The number of fused-ring (bicyclic) bond motifs is 2. The van der Waals surface area contributed by atoms with Crippen molar-refractivity contribution < 1.29 is 28.7 Å². The first-order chi connectivity index (χ1) is 32.8. The number of benzene rings is 3. The van der Waals surface area contributed by atoms with Gasteiger partial charge >= 0.3 is 6.09 Å². The number of aromatic amines is 2. The van der Waals surface area contributed by atoms with Gasteiger partial charge in [-0.3, -0.25) is 14.5 Å². The summed E-state index contributed by atoms with van der Waals surface area (Å²) in [7, 11) is 6.67. The van der Waals surface area contributed by atoms with Crippen molar-refractivity contribution in [3.05, 3.63) is 72.3 Å². The summed E-state index contributed by atoms with van der Waals surface area (Å²) < 4.78 is 8.39. The fourth-order valence-corrected chi connectivity index (χ4v) is 6.42. The number of rotatable bonds is 13. The Morgan fingerprint density at radius 1 is 0.721 bits per heavy atom. The molecule has 68 heavy (non-hydrogen) atoms. The topological polar surface area (TPSA) is 175 Å². The maximum atomic E-state index is 12.5. The summed E-state index contributed by atoms with van der Waals surface area (Å²) in [5.74, 6) is 3.06. The molecule has 0 saturated heterocycles. The van der Waals surface area contributed by atoms with E-state index in [4.69, 9.17) is 9.97 Å². The smallest absolute Gasteiger partial charge is 0.407 e. The Balaban J connectivity index is -0.00000142. The van der Waals surface area contributed by atoms with Crippen molar-refractivity contribution in [2.75, 3.05) is 41.5 Å². The molecule has 2 heterocycles. The van der Waals surface area contributed by atoms with Crippen LogP contribution in [-0.2, 0) is 36.9 Å². The third-order valence-electron chi connectivity index (χ3n) is 9.40. The van der Waals surface area contributed by atoms with E-state index in [1.165, 1.54) is 20.0 Å². The molecule has 1 saturated carbocycles. The Morgan fingerprint density at radius 3 is 1.44 bits per heavy atom. The normalized spacial score (nSPS) is 13.3. The van der Waals surface area contributed by atoms with Crippen LogP contribution in [0, 0.1) is 50.4 Å². The summed E-state index contributed by atoms with van der Waals surface area (Å²) in [5, 5.41) is 4.60. The molecule has 1 aliphatic carbocycles. The zero-order valence-electron chi connectivity index (χ0n) is 43.2. The highest BCUT2D eigenvalue weighted by Crippen LogP contribution is 2.42. The molecular weight excluding hydrogens is 857 g/mol. The summed E-state index contributed by atoms with van der Waals surface area (Å²) in [5.41, 5.74) is 8.29. The van der Waals surface area contributed by atoms with Crippen LogP contribution in [0.2, 0.25) is 0 Å². The number of aldehydes is 1. The highest BCUT2D eigenvalue weighted by Gasteiger charge is 2.45. The maximum Gasteiger partial charge on any atom is 0.407 e. The average molecular weight is 937 g/mol. The standard InChI is InChI=1S/C34H39N7O2.C4H7NO3.2C3H8.C2H6O.C2H6.3C2H2/c1-20(2)41(33(43)16-35-19-42)18-32-37-28-13-11-26(15-30(28)39-32)24-8-6-23(7-9-24)25-10-12-27-29(14-25)38-31(36-27)17-40(5)34-21(3)22(34)4;1-8-4(7)5-2-3-6;3*1-3-2;4*1-2/h6-15,19-22,34H,16-18H2,1-5H3,(H,35,42)(H,36,38)(H,37,39);3H,2H2,1H3,(H,5,7);2*3H2,1-2H3;1-2H3;1-2H3;3*1-2H/t21-,22?,34?;;;;;;;;/m1......../s1. The quantitative estimate of drug-likeness (QED) is 0.0662. The lowest BCUT2D eigenvalue weighted by molar-refractivity contribution is -0.133. The molecule has 14 heteroatoms. The number of imidazole rings is 2. The summed E-state index contributed by atoms with van der Waals surface area (Å²) in [6.07, 6.45) is 27.0. The van der Waals surface area contributed by atoms with Crippen LogP contribution in [0.1, 0.15) is 93.7 Å². The molecule has 5 aromatic rings. The number of aromatic nitrogens is 4. The Labute approximate surface area is 408 Å². The molecule has 0 bridgehead atoms. The van der Waals surface area contributed by atoms with Crippen LogP contribution >= 0.6 is 0 Å². The second kappa shape index (κ2) is 39.3. The van der Waals surface area contributed by atoms with Crippen LogP contribution in [0.4, 0.5) is 4.79 Å². The number of ether oxygens (including phenoxy) is 2. The molecule has 2 aromatic heterocycles. The zero-order chi connectivity index (χ0) is 52.8. The van der Waals surface area contributed by atoms with E-state index < -0.39 is 6.09 Å². The number of nitrogens with one attached hydrogen (secondary N) is 4. The first-order valence-corrected chi connectivity index (χ1v) is 22.7. The summed E-state index contributed by atoms with van der Waals surface area (Å²) in [4.78, 5) is 63.3. The van der Waals surface area contributed by atoms with E-state index in [9.17, 15) is 19.2 Å². The van der Waals surface area contributed by atoms with Gasteiger partial charge in [-0.1, -0.05) is 105 Å². The lowest BCUT2D eigenvalue weighted by atomic mass is 10.00. The van der Waals surface area contributed by atoms with Crippen LogP contribution in [0.5, 0.6) is 0 Å². The van der Waals surface area contributed by atoms with E-state index in [2.05, 4.69) is 177 Å². The molecule has 1 fully saturated rings. The molecule has 3 amide bonds. The van der Waals surface area contributed by atoms with Gasteiger partial charge in [0.1, 0.15) is 17.9 Å².